The molecular formula is C17H21N7O3. The predicted octanol–water partition coefficient (Wildman–Crippen LogP) is 0.311. The van der Waals surface area contributed by atoms with E-state index in [1.165, 1.54) is 0 Å². The highest BCUT2D eigenvalue weighted by atomic mass is 16.3. The number of carbonyl (C=O) groups excluding carboxylic acids is 2. The van der Waals surface area contributed by atoms with E-state index in [1.54, 1.807) is 16.8 Å². The number of aromatic nitrogens is 4. The SMILES string of the molecule is CC[C@H](CO)Nc1nc(NC2CC2)n2ncc(/C=C3\CC(=O)NC3=O)c2n1. The maximum atomic E-state index is 11.8. The van der Waals surface area contributed by atoms with Gasteiger partial charge in [-0.25, -0.2) is 0 Å². The number of fused-ring (bicyclic) bond motifs is 1. The van der Waals surface area contributed by atoms with Crippen LogP contribution in [-0.4, -0.2) is 55.2 Å². The number of aliphatic hydroxyl groups is 1. The van der Waals surface area contributed by atoms with Gasteiger partial charge < -0.3 is 15.7 Å². The van der Waals surface area contributed by atoms with Crippen molar-refractivity contribution < 1.29 is 14.7 Å². The highest BCUT2D eigenvalue weighted by molar-refractivity contribution is 6.15. The van der Waals surface area contributed by atoms with Crippen molar-refractivity contribution in [1.82, 2.24) is 24.9 Å². The zero-order valence-electron chi connectivity index (χ0n) is 14.9. The summed E-state index contributed by atoms with van der Waals surface area (Å²) in [6, 6.07) is 0.198. The molecule has 0 aromatic carbocycles. The van der Waals surface area contributed by atoms with Crippen molar-refractivity contribution in [2.24, 2.45) is 0 Å². The van der Waals surface area contributed by atoms with E-state index < -0.39 is 5.91 Å². The summed E-state index contributed by atoms with van der Waals surface area (Å²) in [5.74, 6) is 0.215. The van der Waals surface area contributed by atoms with Gasteiger partial charge in [0.25, 0.3) is 5.91 Å². The average molecular weight is 371 g/mol. The lowest BCUT2D eigenvalue weighted by Gasteiger charge is -2.15. The number of aliphatic hydroxyl groups excluding tert-OH is 1. The van der Waals surface area contributed by atoms with Crippen molar-refractivity contribution in [1.29, 1.82) is 0 Å². The summed E-state index contributed by atoms with van der Waals surface area (Å²) in [5.41, 5.74) is 1.51. The van der Waals surface area contributed by atoms with Crippen LogP contribution in [-0.2, 0) is 9.59 Å². The van der Waals surface area contributed by atoms with E-state index in [2.05, 4.69) is 31.0 Å². The van der Waals surface area contributed by atoms with Crippen molar-refractivity contribution in [3.8, 4) is 0 Å². The Kier molecular flexibility index (Phi) is 4.48. The Balaban J connectivity index is 1.75. The molecule has 0 spiro atoms. The van der Waals surface area contributed by atoms with Crippen LogP contribution in [0.2, 0.25) is 0 Å². The second-order valence-electron chi connectivity index (χ2n) is 6.78. The molecule has 2 amide bonds. The van der Waals surface area contributed by atoms with Crippen LogP contribution in [0.3, 0.4) is 0 Å². The summed E-state index contributed by atoms with van der Waals surface area (Å²) in [6.45, 7) is 1.93. The molecule has 2 aromatic rings. The summed E-state index contributed by atoms with van der Waals surface area (Å²) in [5, 5.41) is 22.5. The summed E-state index contributed by atoms with van der Waals surface area (Å²) >= 11 is 0. The van der Waals surface area contributed by atoms with Crippen LogP contribution in [0.4, 0.5) is 11.9 Å². The maximum absolute atomic E-state index is 11.8. The molecule has 3 heterocycles. The summed E-state index contributed by atoms with van der Waals surface area (Å²) in [4.78, 5) is 32.3. The van der Waals surface area contributed by atoms with Gasteiger partial charge in [0.05, 0.1) is 25.3 Å². The van der Waals surface area contributed by atoms with E-state index in [-0.39, 0.29) is 25.0 Å². The number of hydrogen-bond acceptors (Lipinski definition) is 8. The van der Waals surface area contributed by atoms with E-state index in [4.69, 9.17) is 0 Å². The zero-order valence-corrected chi connectivity index (χ0v) is 14.9. The third-order valence-electron chi connectivity index (χ3n) is 4.58. The molecule has 27 heavy (non-hydrogen) atoms. The first kappa shape index (κ1) is 17.4. The molecule has 0 unspecified atom stereocenters. The van der Waals surface area contributed by atoms with Gasteiger partial charge in [-0.3, -0.25) is 14.9 Å². The molecule has 1 saturated heterocycles. The molecule has 1 saturated carbocycles. The Labute approximate surface area is 155 Å². The minimum atomic E-state index is -0.394. The molecule has 142 valence electrons. The minimum absolute atomic E-state index is 0.0329. The number of nitrogens with zero attached hydrogens (tertiary/aromatic N) is 4. The first-order valence-electron chi connectivity index (χ1n) is 9.01. The third kappa shape index (κ3) is 3.61. The third-order valence-corrected chi connectivity index (χ3v) is 4.58. The number of nitrogens with one attached hydrogen (secondary N) is 3. The Bertz CT molecular complexity index is 928. The molecule has 1 aliphatic carbocycles. The first-order valence-corrected chi connectivity index (χ1v) is 9.01. The molecular weight excluding hydrogens is 350 g/mol. The number of amides is 2. The lowest BCUT2D eigenvalue weighted by atomic mass is 10.1. The molecule has 2 aliphatic rings. The van der Waals surface area contributed by atoms with Gasteiger partial charge in [-0.15, -0.1) is 0 Å². The van der Waals surface area contributed by atoms with Crippen LogP contribution in [0.25, 0.3) is 11.7 Å². The second-order valence-corrected chi connectivity index (χ2v) is 6.78. The maximum Gasteiger partial charge on any atom is 0.254 e. The fourth-order valence-corrected chi connectivity index (χ4v) is 2.83. The number of imide groups is 1. The minimum Gasteiger partial charge on any atom is -0.394 e. The number of carbonyl (C=O) groups is 2. The van der Waals surface area contributed by atoms with Crippen molar-refractivity contribution in [2.75, 3.05) is 17.2 Å². The van der Waals surface area contributed by atoms with E-state index in [0.29, 0.717) is 34.7 Å². The standard InChI is InChI=1S/C17H21N7O3/c1-2-11(8-25)19-16-22-14-10(5-9-6-13(26)21-15(9)27)7-18-24(14)17(23-16)20-12-3-4-12/h5,7,11-12,25H,2-4,6,8H2,1H3,(H,21,26,27)(H2,19,20,22,23)/b9-5+/t11-/m1/s1. The summed E-state index contributed by atoms with van der Waals surface area (Å²) in [6.07, 6.45) is 6.13. The lowest BCUT2D eigenvalue weighted by Crippen LogP contribution is -2.24. The van der Waals surface area contributed by atoms with Gasteiger partial charge >= 0.3 is 0 Å². The van der Waals surface area contributed by atoms with Gasteiger partial charge in [-0.1, -0.05) is 6.92 Å². The molecule has 4 N–H and O–H groups in total. The fourth-order valence-electron chi connectivity index (χ4n) is 2.83. The second kappa shape index (κ2) is 6.95. The molecule has 10 heteroatoms. The zero-order chi connectivity index (χ0) is 19.0. The van der Waals surface area contributed by atoms with Crippen molar-refractivity contribution in [3.05, 3.63) is 17.3 Å². The molecule has 0 radical (unpaired) electrons. The fraction of sp³-hybridized carbons (Fsp3) is 0.471. The van der Waals surface area contributed by atoms with Crippen molar-refractivity contribution in [3.63, 3.8) is 0 Å². The highest BCUT2D eigenvalue weighted by Crippen LogP contribution is 2.26. The van der Waals surface area contributed by atoms with Crippen LogP contribution in [0.5, 0.6) is 0 Å². The van der Waals surface area contributed by atoms with Gasteiger partial charge in [0.2, 0.25) is 17.8 Å². The predicted molar refractivity (Wildman–Crippen MR) is 98.0 cm³/mol. The Morgan fingerprint density at radius 1 is 1.41 bits per heavy atom. The van der Waals surface area contributed by atoms with Gasteiger partial charge in [0.1, 0.15) is 0 Å². The van der Waals surface area contributed by atoms with Gasteiger partial charge in [-0.2, -0.15) is 19.6 Å². The smallest absolute Gasteiger partial charge is 0.254 e. The average Bonchev–Trinajstić information content (AvgIpc) is 3.28. The molecule has 2 aromatic heterocycles. The van der Waals surface area contributed by atoms with E-state index in [1.807, 2.05) is 6.92 Å². The van der Waals surface area contributed by atoms with Crippen molar-refractivity contribution >= 4 is 35.4 Å². The van der Waals surface area contributed by atoms with Gasteiger partial charge in [0.15, 0.2) is 5.65 Å². The van der Waals surface area contributed by atoms with E-state index >= 15 is 0 Å². The molecule has 0 bridgehead atoms. The number of hydrogen-bond donors (Lipinski definition) is 4. The topological polar surface area (TPSA) is 134 Å². The Hall–Kier alpha value is -3.01. The monoisotopic (exact) mass is 371 g/mol. The number of anilines is 2. The van der Waals surface area contributed by atoms with Crippen LogP contribution < -0.4 is 16.0 Å². The van der Waals surface area contributed by atoms with Gasteiger partial charge in [0, 0.05) is 17.2 Å². The molecule has 10 nitrogen and oxygen atoms in total. The molecule has 1 aliphatic heterocycles. The van der Waals surface area contributed by atoms with E-state index in [9.17, 15) is 14.7 Å². The molecule has 4 rings (SSSR count). The van der Waals surface area contributed by atoms with E-state index in [0.717, 1.165) is 19.3 Å². The van der Waals surface area contributed by atoms with Crippen LogP contribution in [0.15, 0.2) is 11.8 Å². The first-order chi connectivity index (χ1) is 13.1. The van der Waals surface area contributed by atoms with Crippen LogP contribution in [0, 0.1) is 0 Å². The largest absolute Gasteiger partial charge is 0.394 e. The van der Waals surface area contributed by atoms with Crippen LogP contribution >= 0.6 is 0 Å². The summed E-state index contributed by atoms with van der Waals surface area (Å²) < 4.78 is 1.59. The van der Waals surface area contributed by atoms with Crippen molar-refractivity contribution in [2.45, 2.75) is 44.7 Å². The molecule has 1 atom stereocenters. The Morgan fingerprint density at radius 2 is 2.22 bits per heavy atom. The van der Waals surface area contributed by atoms with Gasteiger partial charge in [-0.05, 0) is 25.3 Å². The Morgan fingerprint density at radius 3 is 2.85 bits per heavy atom. The highest BCUT2D eigenvalue weighted by Gasteiger charge is 2.26. The number of rotatable bonds is 7. The molecule has 2 fully saturated rings. The quantitative estimate of drug-likeness (QED) is 0.404. The van der Waals surface area contributed by atoms with Crippen LogP contribution in [0.1, 0.15) is 38.2 Å². The summed E-state index contributed by atoms with van der Waals surface area (Å²) in [7, 11) is 0. The normalized spacial score (nSPS) is 19.6. The lowest BCUT2D eigenvalue weighted by molar-refractivity contribution is -0.124.